The van der Waals surface area contributed by atoms with Crippen molar-refractivity contribution >= 4 is 11.4 Å². The first-order valence-corrected chi connectivity index (χ1v) is 10.3. The van der Waals surface area contributed by atoms with Crippen LogP contribution in [0.4, 0.5) is 11.4 Å². The molecule has 0 unspecified atom stereocenters. The molecule has 0 aromatic heterocycles. The maximum absolute atomic E-state index is 6.01. The van der Waals surface area contributed by atoms with Crippen molar-refractivity contribution in [2.75, 3.05) is 30.3 Å². The SMILES string of the molecule is CCCCOc1ccccc1NCCNc1ccccc1OCc1ccccc1. The summed E-state index contributed by atoms with van der Waals surface area (Å²) in [6, 6.07) is 26.3. The van der Waals surface area contributed by atoms with Gasteiger partial charge in [0, 0.05) is 13.1 Å². The van der Waals surface area contributed by atoms with Crippen molar-refractivity contribution in [2.24, 2.45) is 0 Å². The van der Waals surface area contributed by atoms with Gasteiger partial charge in [0.25, 0.3) is 0 Å². The van der Waals surface area contributed by atoms with Crippen LogP contribution in [0.1, 0.15) is 25.3 Å². The molecule has 4 heteroatoms. The monoisotopic (exact) mass is 390 g/mol. The van der Waals surface area contributed by atoms with Crippen LogP contribution in [0.5, 0.6) is 11.5 Å². The average molecular weight is 391 g/mol. The van der Waals surface area contributed by atoms with Gasteiger partial charge in [-0.2, -0.15) is 0 Å². The molecule has 0 atom stereocenters. The lowest BCUT2D eigenvalue weighted by Gasteiger charge is -2.15. The lowest BCUT2D eigenvalue weighted by Crippen LogP contribution is -2.15. The summed E-state index contributed by atoms with van der Waals surface area (Å²) in [6.07, 6.45) is 2.20. The van der Waals surface area contributed by atoms with Crippen molar-refractivity contribution in [3.63, 3.8) is 0 Å². The molecule has 3 rings (SSSR count). The summed E-state index contributed by atoms with van der Waals surface area (Å²) >= 11 is 0. The van der Waals surface area contributed by atoms with Crippen LogP contribution in [0, 0.1) is 0 Å². The molecule has 0 aliphatic carbocycles. The molecule has 0 amide bonds. The number of nitrogens with one attached hydrogen (secondary N) is 2. The van der Waals surface area contributed by atoms with Crippen LogP contribution in [0.25, 0.3) is 0 Å². The van der Waals surface area contributed by atoms with Gasteiger partial charge < -0.3 is 20.1 Å². The fraction of sp³-hybridized carbons (Fsp3) is 0.280. The van der Waals surface area contributed by atoms with Crippen LogP contribution in [0.15, 0.2) is 78.9 Å². The third kappa shape index (κ3) is 6.75. The van der Waals surface area contributed by atoms with E-state index in [0.29, 0.717) is 6.61 Å². The van der Waals surface area contributed by atoms with E-state index in [2.05, 4.69) is 35.8 Å². The number of para-hydroxylation sites is 4. The highest BCUT2D eigenvalue weighted by molar-refractivity contribution is 5.58. The van der Waals surface area contributed by atoms with Gasteiger partial charge in [-0.15, -0.1) is 0 Å². The van der Waals surface area contributed by atoms with Crippen LogP contribution < -0.4 is 20.1 Å². The summed E-state index contributed by atoms with van der Waals surface area (Å²) in [6.45, 7) is 5.02. The third-order valence-corrected chi connectivity index (χ3v) is 4.52. The predicted octanol–water partition coefficient (Wildman–Crippen LogP) is 5.97. The van der Waals surface area contributed by atoms with Crippen LogP contribution >= 0.6 is 0 Å². The molecular weight excluding hydrogens is 360 g/mol. The maximum Gasteiger partial charge on any atom is 0.142 e. The van der Waals surface area contributed by atoms with E-state index in [0.717, 1.165) is 61.0 Å². The Bertz CT molecular complexity index is 852. The smallest absolute Gasteiger partial charge is 0.142 e. The minimum Gasteiger partial charge on any atom is -0.491 e. The number of rotatable bonds is 12. The molecule has 2 N–H and O–H groups in total. The molecule has 3 aromatic carbocycles. The normalized spacial score (nSPS) is 10.4. The van der Waals surface area contributed by atoms with E-state index < -0.39 is 0 Å². The lowest BCUT2D eigenvalue weighted by molar-refractivity contribution is 0.307. The van der Waals surface area contributed by atoms with Crippen LogP contribution in [0.2, 0.25) is 0 Å². The molecule has 0 saturated carbocycles. The number of hydrogen-bond acceptors (Lipinski definition) is 4. The number of benzene rings is 3. The second kappa shape index (κ2) is 11.6. The van der Waals surface area contributed by atoms with Crippen molar-refractivity contribution in [3.05, 3.63) is 84.4 Å². The van der Waals surface area contributed by atoms with Crippen molar-refractivity contribution < 1.29 is 9.47 Å². The van der Waals surface area contributed by atoms with Gasteiger partial charge in [0.2, 0.25) is 0 Å². The van der Waals surface area contributed by atoms with E-state index in [-0.39, 0.29) is 0 Å². The number of anilines is 2. The number of ether oxygens (including phenoxy) is 2. The largest absolute Gasteiger partial charge is 0.491 e. The van der Waals surface area contributed by atoms with Gasteiger partial charge in [-0.3, -0.25) is 0 Å². The average Bonchev–Trinajstić information content (AvgIpc) is 2.78. The minimum atomic E-state index is 0.556. The van der Waals surface area contributed by atoms with Crippen LogP contribution in [0.3, 0.4) is 0 Å². The molecule has 29 heavy (non-hydrogen) atoms. The van der Waals surface area contributed by atoms with Gasteiger partial charge >= 0.3 is 0 Å². The fourth-order valence-electron chi connectivity index (χ4n) is 2.93. The minimum absolute atomic E-state index is 0.556. The Hall–Kier alpha value is -3.14. The Morgan fingerprint density at radius 1 is 0.655 bits per heavy atom. The molecule has 0 spiro atoms. The molecule has 0 aliphatic rings. The Kier molecular flexibility index (Phi) is 8.27. The first-order chi connectivity index (χ1) is 14.4. The molecule has 0 aliphatic heterocycles. The van der Waals surface area contributed by atoms with Gasteiger partial charge in [0.05, 0.1) is 18.0 Å². The Morgan fingerprint density at radius 2 is 1.21 bits per heavy atom. The quantitative estimate of drug-likeness (QED) is 0.374. The highest BCUT2D eigenvalue weighted by atomic mass is 16.5. The van der Waals surface area contributed by atoms with Crippen molar-refractivity contribution in [3.8, 4) is 11.5 Å². The van der Waals surface area contributed by atoms with Crippen molar-refractivity contribution in [1.82, 2.24) is 0 Å². The second-order valence-electron chi connectivity index (χ2n) is 6.82. The molecule has 0 radical (unpaired) electrons. The maximum atomic E-state index is 6.01. The first-order valence-electron chi connectivity index (χ1n) is 10.3. The zero-order chi connectivity index (χ0) is 20.2. The molecule has 0 bridgehead atoms. The van der Waals surface area contributed by atoms with Gasteiger partial charge in [-0.05, 0) is 36.2 Å². The molecular formula is C25H30N2O2. The fourth-order valence-corrected chi connectivity index (χ4v) is 2.93. The molecule has 152 valence electrons. The van der Waals surface area contributed by atoms with Gasteiger partial charge in [-0.25, -0.2) is 0 Å². The van der Waals surface area contributed by atoms with E-state index in [9.17, 15) is 0 Å². The van der Waals surface area contributed by atoms with Gasteiger partial charge in [0.1, 0.15) is 18.1 Å². The van der Waals surface area contributed by atoms with Crippen molar-refractivity contribution in [2.45, 2.75) is 26.4 Å². The van der Waals surface area contributed by atoms with E-state index in [1.807, 2.05) is 60.7 Å². The first kappa shape index (κ1) is 20.6. The molecule has 4 nitrogen and oxygen atoms in total. The molecule has 3 aromatic rings. The van der Waals surface area contributed by atoms with Gasteiger partial charge in [0.15, 0.2) is 0 Å². The van der Waals surface area contributed by atoms with Crippen LogP contribution in [-0.2, 0) is 6.61 Å². The zero-order valence-corrected chi connectivity index (χ0v) is 17.1. The highest BCUT2D eigenvalue weighted by Gasteiger charge is 2.04. The van der Waals surface area contributed by atoms with Crippen molar-refractivity contribution in [1.29, 1.82) is 0 Å². The van der Waals surface area contributed by atoms with Gasteiger partial charge in [-0.1, -0.05) is 67.9 Å². The van der Waals surface area contributed by atoms with Crippen LogP contribution in [-0.4, -0.2) is 19.7 Å². The zero-order valence-electron chi connectivity index (χ0n) is 17.1. The summed E-state index contributed by atoms with van der Waals surface area (Å²) in [4.78, 5) is 0. The predicted molar refractivity (Wildman–Crippen MR) is 121 cm³/mol. The number of hydrogen-bond donors (Lipinski definition) is 2. The Morgan fingerprint density at radius 3 is 1.83 bits per heavy atom. The standard InChI is InChI=1S/C25H30N2O2/c1-2-3-19-28-24-15-9-7-13-22(24)26-17-18-27-23-14-8-10-16-25(23)29-20-21-11-5-4-6-12-21/h4-16,26-27H,2-3,17-20H2,1H3. The molecule has 0 saturated heterocycles. The summed E-state index contributed by atoms with van der Waals surface area (Å²) in [5.41, 5.74) is 3.18. The summed E-state index contributed by atoms with van der Waals surface area (Å²) in [5, 5.41) is 6.92. The highest BCUT2D eigenvalue weighted by Crippen LogP contribution is 2.25. The lowest BCUT2D eigenvalue weighted by atomic mass is 10.2. The second-order valence-corrected chi connectivity index (χ2v) is 6.82. The topological polar surface area (TPSA) is 42.5 Å². The summed E-state index contributed by atoms with van der Waals surface area (Å²) < 4.78 is 11.9. The molecule has 0 heterocycles. The third-order valence-electron chi connectivity index (χ3n) is 4.52. The molecule has 0 fully saturated rings. The van der Waals surface area contributed by atoms with E-state index in [1.165, 1.54) is 0 Å². The summed E-state index contributed by atoms with van der Waals surface area (Å²) in [7, 11) is 0. The number of unbranched alkanes of at least 4 members (excludes halogenated alkanes) is 1. The summed E-state index contributed by atoms with van der Waals surface area (Å²) in [5.74, 6) is 1.77. The Labute approximate surface area is 173 Å². The van der Waals surface area contributed by atoms with E-state index in [4.69, 9.17) is 9.47 Å². The van der Waals surface area contributed by atoms with E-state index >= 15 is 0 Å². The van der Waals surface area contributed by atoms with E-state index in [1.54, 1.807) is 0 Å². The Balaban J connectivity index is 1.49.